The van der Waals surface area contributed by atoms with E-state index in [1.807, 2.05) is 18.4 Å². The lowest BCUT2D eigenvalue weighted by molar-refractivity contribution is 0.265. The second-order valence-corrected chi connectivity index (χ2v) is 2.22. The molecule has 1 rings (SSSR count). The van der Waals surface area contributed by atoms with Gasteiger partial charge in [0.1, 0.15) is 12.4 Å². The Labute approximate surface area is 60.3 Å². The van der Waals surface area contributed by atoms with Crippen molar-refractivity contribution in [3.05, 3.63) is 17.7 Å². The molecule has 0 aromatic carbocycles. The Morgan fingerprint density at radius 1 is 1.70 bits per heavy atom. The molecule has 3 heteroatoms. The molecule has 10 heavy (non-hydrogen) atoms. The first-order valence-corrected chi connectivity index (χ1v) is 3.41. The molecule has 0 radical (unpaired) electrons. The standard InChI is InChI=1S/C7H12N2O/c1-3-9-6(2)4-8-7(9)5-10/h4,10H,3,5H2,1-2H3. The third kappa shape index (κ3) is 1.04. The fraction of sp³-hybridized carbons (Fsp3) is 0.571. The minimum atomic E-state index is 0.0294. The van der Waals surface area contributed by atoms with E-state index in [0.29, 0.717) is 0 Å². The molecule has 0 aliphatic rings. The van der Waals surface area contributed by atoms with Crippen LogP contribution in [-0.2, 0) is 13.2 Å². The maximum atomic E-state index is 8.78. The lowest BCUT2D eigenvalue weighted by Crippen LogP contribution is -2.02. The highest BCUT2D eigenvalue weighted by atomic mass is 16.3. The normalized spacial score (nSPS) is 10.3. The summed E-state index contributed by atoms with van der Waals surface area (Å²) in [5, 5.41) is 8.78. The van der Waals surface area contributed by atoms with Gasteiger partial charge in [-0.2, -0.15) is 0 Å². The van der Waals surface area contributed by atoms with Crippen molar-refractivity contribution in [2.75, 3.05) is 0 Å². The zero-order valence-corrected chi connectivity index (χ0v) is 6.33. The summed E-state index contributed by atoms with van der Waals surface area (Å²) in [7, 11) is 0. The highest BCUT2D eigenvalue weighted by Crippen LogP contribution is 2.02. The van der Waals surface area contributed by atoms with Gasteiger partial charge >= 0.3 is 0 Å². The number of hydrogen-bond donors (Lipinski definition) is 1. The Morgan fingerprint density at radius 3 is 2.80 bits per heavy atom. The van der Waals surface area contributed by atoms with Crippen LogP contribution in [0.15, 0.2) is 6.20 Å². The summed E-state index contributed by atoms with van der Waals surface area (Å²) in [6.45, 7) is 4.92. The first kappa shape index (κ1) is 7.28. The van der Waals surface area contributed by atoms with Crippen LogP contribution >= 0.6 is 0 Å². The van der Waals surface area contributed by atoms with Crippen LogP contribution < -0.4 is 0 Å². The van der Waals surface area contributed by atoms with Crippen molar-refractivity contribution in [2.24, 2.45) is 0 Å². The Morgan fingerprint density at radius 2 is 2.40 bits per heavy atom. The fourth-order valence-electron chi connectivity index (χ4n) is 1.07. The summed E-state index contributed by atoms with van der Waals surface area (Å²) in [5.74, 6) is 0.750. The Kier molecular flexibility index (Phi) is 2.06. The molecule has 0 fully saturated rings. The third-order valence-electron chi connectivity index (χ3n) is 1.60. The fourth-order valence-corrected chi connectivity index (χ4v) is 1.07. The Hall–Kier alpha value is -0.830. The van der Waals surface area contributed by atoms with E-state index in [1.54, 1.807) is 6.20 Å². The van der Waals surface area contributed by atoms with E-state index in [0.717, 1.165) is 18.1 Å². The van der Waals surface area contributed by atoms with Crippen LogP contribution in [0.4, 0.5) is 0 Å². The van der Waals surface area contributed by atoms with Crippen molar-refractivity contribution in [3.63, 3.8) is 0 Å². The molecular weight excluding hydrogens is 128 g/mol. The molecule has 1 aromatic rings. The van der Waals surface area contributed by atoms with Crippen LogP contribution in [0.5, 0.6) is 0 Å². The number of rotatable bonds is 2. The maximum absolute atomic E-state index is 8.78. The van der Waals surface area contributed by atoms with Crippen molar-refractivity contribution in [3.8, 4) is 0 Å². The molecule has 0 spiro atoms. The van der Waals surface area contributed by atoms with Crippen LogP contribution in [0, 0.1) is 6.92 Å². The number of imidazole rings is 1. The SMILES string of the molecule is CCn1c(C)cnc1CO. The second kappa shape index (κ2) is 2.84. The minimum absolute atomic E-state index is 0.0294. The first-order valence-electron chi connectivity index (χ1n) is 3.41. The van der Waals surface area contributed by atoms with E-state index >= 15 is 0 Å². The molecular formula is C7H12N2O. The maximum Gasteiger partial charge on any atom is 0.134 e. The number of aliphatic hydroxyl groups excluding tert-OH is 1. The predicted octanol–water partition coefficient (Wildman–Crippen LogP) is 0.704. The van der Waals surface area contributed by atoms with Crippen LogP contribution in [0.3, 0.4) is 0 Å². The number of aromatic nitrogens is 2. The molecule has 0 aliphatic carbocycles. The molecule has 1 heterocycles. The van der Waals surface area contributed by atoms with Gasteiger partial charge in [0, 0.05) is 18.4 Å². The van der Waals surface area contributed by atoms with Crippen molar-refractivity contribution < 1.29 is 5.11 Å². The quantitative estimate of drug-likeness (QED) is 0.656. The summed E-state index contributed by atoms with van der Waals surface area (Å²) in [4.78, 5) is 4.02. The van der Waals surface area contributed by atoms with Gasteiger partial charge in [0.25, 0.3) is 0 Å². The molecule has 0 aliphatic heterocycles. The molecule has 0 saturated heterocycles. The van der Waals surface area contributed by atoms with Gasteiger partial charge < -0.3 is 9.67 Å². The molecule has 0 saturated carbocycles. The average molecular weight is 140 g/mol. The van der Waals surface area contributed by atoms with E-state index < -0.39 is 0 Å². The zero-order valence-electron chi connectivity index (χ0n) is 6.33. The van der Waals surface area contributed by atoms with Crippen LogP contribution in [0.1, 0.15) is 18.4 Å². The average Bonchev–Trinajstić information content (AvgIpc) is 2.30. The van der Waals surface area contributed by atoms with Crippen molar-refractivity contribution in [2.45, 2.75) is 27.0 Å². The summed E-state index contributed by atoms with van der Waals surface area (Å²) in [6.07, 6.45) is 1.77. The largest absolute Gasteiger partial charge is 0.388 e. The molecule has 1 N–H and O–H groups in total. The molecule has 56 valence electrons. The van der Waals surface area contributed by atoms with E-state index in [9.17, 15) is 0 Å². The van der Waals surface area contributed by atoms with Gasteiger partial charge in [-0.25, -0.2) is 4.98 Å². The monoisotopic (exact) mass is 140 g/mol. The van der Waals surface area contributed by atoms with E-state index in [-0.39, 0.29) is 6.61 Å². The molecule has 0 bridgehead atoms. The van der Waals surface area contributed by atoms with Gasteiger partial charge in [-0.1, -0.05) is 0 Å². The summed E-state index contributed by atoms with van der Waals surface area (Å²) in [6, 6.07) is 0. The minimum Gasteiger partial charge on any atom is -0.388 e. The smallest absolute Gasteiger partial charge is 0.134 e. The van der Waals surface area contributed by atoms with Gasteiger partial charge in [0.05, 0.1) is 0 Å². The van der Waals surface area contributed by atoms with Crippen LogP contribution in [0.2, 0.25) is 0 Å². The third-order valence-corrected chi connectivity index (χ3v) is 1.60. The zero-order chi connectivity index (χ0) is 7.56. The van der Waals surface area contributed by atoms with Crippen LogP contribution in [0.25, 0.3) is 0 Å². The Bertz CT molecular complexity index is 217. The molecule has 0 amide bonds. The first-order chi connectivity index (χ1) is 4.79. The number of aryl methyl sites for hydroxylation is 1. The number of nitrogens with zero attached hydrogens (tertiary/aromatic N) is 2. The van der Waals surface area contributed by atoms with E-state index in [4.69, 9.17) is 5.11 Å². The predicted molar refractivity (Wildman–Crippen MR) is 38.6 cm³/mol. The van der Waals surface area contributed by atoms with Gasteiger partial charge in [-0.05, 0) is 13.8 Å². The summed E-state index contributed by atoms with van der Waals surface area (Å²) >= 11 is 0. The number of aliphatic hydroxyl groups is 1. The van der Waals surface area contributed by atoms with Crippen molar-refractivity contribution >= 4 is 0 Å². The van der Waals surface area contributed by atoms with Gasteiger partial charge in [0.15, 0.2) is 0 Å². The lowest BCUT2D eigenvalue weighted by Gasteiger charge is -2.02. The van der Waals surface area contributed by atoms with Crippen molar-refractivity contribution in [1.29, 1.82) is 0 Å². The highest BCUT2D eigenvalue weighted by molar-refractivity contribution is 5.01. The second-order valence-electron chi connectivity index (χ2n) is 2.22. The molecule has 3 nitrogen and oxygen atoms in total. The molecule has 0 unspecified atom stereocenters. The van der Waals surface area contributed by atoms with Gasteiger partial charge in [-0.15, -0.1) is 0 Å². The van der Waals surface area contributed by atoms with Gasteiger partial charge in [-0.3, -0.25) is 0 Å². The van der Waals surface area contributed by atoms with Crippen molar-refractivity contribution in [1.82, 2.24) is 9.55 Å². The van der Waals surface area contributed by atoms with E-state index in [1.165, 1.54) is 0 Å². The summed E-state index contributed by atoms with van der Waals surface area (Å²) in [5.41, 5.74) is 1.10. The summed E-state index contributed by atoms with van der Waals surface area (Å²) < 4.78 is 1.99. The number of hydrogen-bond acceptors (Lipinski definition) is 2. The lowest BCUT2D eigenvalue weighted by atomic mass is 10.5. The molecule has 0 atom stereocenters. The topological polar surface area (TPSA) is 38.0 Å². The van der Waals surface area contributed by atoms with Gasteiger partial charge in [0.2, 0.25) is 0 Å². The van der Waals surface area contributed by atoms with Crippen LogP contribution in [-0.4, -0.2) is 14.7 Å². The van der Waals surface area contributed by atoms with E-state index in [2.05, 4.69) is 4.98 Å². The molecule has 1 aromatic heterocycles. The highest BCUT2D eigenvalue weighted by Gasteiger charge is 2.01. The Balaban J connectivity index is 3.01.